The van der Waals surface area contributed by atoms with Crippen LogP contribution in [0.25, 0.3) is 0 Å². The van der Waals surface area contributed by atoms with Crippen LogP contribution in [-0.4, -0.2) is 22.6 Å². The second-order valence-electron chi connectivity index (χ2n) is 2.74. The third-order valence-electron chi connectivity index (χ3n) is 1.64. The van der Waals surface area contributed by atoms with Crippen molar-refractivity contribution in [3.05, 3.63) is 0 Å². The number of alkyl halides is 3. The van der Waals surface area contributed by atoms with Gasteiger partial charge in [0.15, 0.2) is 0 Å². The van der Waals surface area contributed by atoms with Crippen molar-refractivity contribution in [2.45, 2.75) is 29.3 Å². The number of rotatable bonds is 1. The van der Waals surface area contributed by atoms with Crippen LogP contribution in [-0.2, 0) is 9.47 Å². The van der Waals surface area contributed by atoms with Crippen molar-refractivity contribution in [1.82, 2.24) is 0 Å². The van der Waals surface area contributed by atoms with Crippen molar-refractivity contribution < 1.29 is 9.47 Å². The van der Waals surface area contributed by atoms with Gasteiger partial charge in [-0.05, 0) is 12.8 Å². The maximum absolute atomic E-state index is 7.28. The molecular weight excluding hydrogens is 236 g/mol. The van der Waals surface area contributed by atoms with Crippen LogP contribution in [0.2, 0.25) is 0 Å². The highest BCUT2D eigenvalue weighted by Crippen LogP contribution is 2.29. The Bertz CT molecular complexity index is 187. The zero-order valence-electron chi connectivity index (χ0n) is 6.86. The molecule has 0 aliphatic carbocycles. The quantitative estimate of drug-likeness (QED) is 0.439. The van der Waals surface area contributed by atoms with Gasteiger partial charge in [0, 0.05) is 6.42 Å². The van der Waals surface area contributed by atoms with Crippen molar-refractivity contribution in [2.75, 3.05) is 6.61 Å². The van der Waals surface area contributed by atoms with Gasteiger partial charge in [0.2, 0.25) is 12.2 Å². The van der Waals surface area contributed by atoms with E-state index in [-0.39, 0.29) is 5.90 Å². The third-order valence-corrected chi connectivity index (χ3v) is 2.16. The van der Waals surface area contributed by atoms with Gasteiger partial charge < -0.3 is 9.47 Å². The van der Waals surface area contributed by atoms with Crippen molar-refractivity contribution in [3.63, 3.8) is 0 Å². The molecule has 13 heavy (non-hydrogen) atoms. The van der Waals surface area contributed by atoms with Crippen LogP contribution in [0.1, 0.15) is 19.3 Å². The Labute approximate surface area is 91.7 Å². The van der Waals surface area contributed by atoms with Crippen LogP contribution in [0.5, 0.6) is 0 Å². The Hall–Kier alpha value is 0.300. The number of hydrogen-bond acceptors (Lipinski definition) is 3. The molecule has 6 heteroatoms. The fourth-order valence-corrected chi connectivity index (χ4v) is 1.14. The van der Waals surface area contributed by atoms with E-state index >= 15 is 0 Å². The van der Waals surface area contributed by atoms with Crippen LogP contribution in [0.4, 0.5) is 0 Å². The second kappa shape index (κ2) is 4.69. The molecule has 0 bridgehead atoms. The molecule has 1 aliphatic heterocycles. The van der Waals surface area contributed by atoms with E-state index in [0.717, 1.165) is 19.3 Å². The normalized spacial score (nSPS) is 24.1. The molecule has 3 nitrogen and oxygen atoms in total. The monoisotopic (exact) mass is 245 g/mol. The average Bonchev–Trinajstić information content (AvgIpc) is 2.04. The minimum Gasteiger partial charge on any atom is -0.448 e. The molecule has 0 aromatic rings. The van der Waals surface area contributed by atoms with Crippen LogP contribution < -0.4 is 0 Å². The molecule has 0 amide bonds. The first-order valence-corrected chi connectivity index (χ1v) is 5.07. The maximum Gasteiger partial charge on any atom is 0.265 e. The average molecular weight is 247 g/mol. The van der Waals surface area contributed by atoms with Gasteiger partial charge in [0.05, 0.1) is 6.61 Å². The Morgan fingerprint density at radius 2 is 2.08 bits per heavy atom. The summed E-state index contributed by atoms with van der Waals surface area (Å²) in [7, 11) is 0. The standard InChI is InChI=1S/C7H10Cl3NO2/c8-7(9,10)6(11)13-5-3-1-2-4-12-5/h5,11H,1-4H2. The molecule has 1 saturated heterocycles. The fraction of sp³-hybridized carbons (Fsp3) is 0.857. The van der Waals surface area contributed by atoms with Crippen molar-refractivity contribution >= 4 is 40.7 Å². The molecule has 0 aromatic heterocycles. The molecule has 0 aromatic carbocycles. The predicted octanol–water partition coefficient (Wildman–Crippen LogP) is 2.88. The van der Waals surface area contributed by atoms with E-state index in [2.05, 4.69) is 0 Å². The lowest BCUT2D eigenvalue weighted by Gasteiger charge is -2.25. The van der Waals surface area contributed by atoms with E-state index in [4.69, 9.17) is 49.7 Å². The molecule has 76 valence electrons. The largest absolute Gasteiger partial charge is 0.448 e. The molecule has 1 rings (SSSR count). The minimum absolute atomic E-state index is 0.385. The second-order valence-corrected chi connectivity index (χ2v) is 5.02. The van der Waals surface area contributed by atoms with Gasteiger partial charge in [-0.1, -0.05) is 34.8 Å². The number of halogens is 3. The first kappa shape index (κ1) is 11.4. The van der Waals surface area contributed by atoms with E-state index in [1.165, 1.54) is 0 Å². The highest BCUT2D eigenvalue weighted by atomic mass is 35.6. The summed E-state index contributed by atoms with van der Waals surface area (Å²) in [5.41, 5.74) is 0. The van der Waals surface area contributed by atoms with E-state index in [9.17, 15) is 0 Å². The maximum atomic E-state index is 7.28. The van der Waals surface area contributed by atoms with Gasteiger partial charge in [-0.2, -0.15) is 0 Å². The summed E-state index contributed by atoms with van der Waals surface area (Å²) in [5.74, 6) is -0.385. The summed E-state index contributed by atoms with van der Waals surface area (Å²) in [5, 5.41) is 7.28. The van der Waals surface area contributed by atoms with Crippen LogP contribution in [0.15, 0.2) is 0 Å². The first-order chi connectivity index (χ1) is 6.00. The Morgan fingerprint density at radius 3 is 2.54 bits per heavy atom. The molecule has 0 spiro atoms. The molecule has 1 fully saturated rings. The summed E-state index contributed by atoms with van der Waals surface area (Å²) in [4.78, 5) is 0. The van der Waals surface area contributed by atoms with Gasteiger partial charge in [-0.3, -0.25) is 5.41 Å². The number of hydrogen-bond donors (Lipinski definition) is 1. The van der Waals surface area contributed by atoms with E-state index in [1.54, 1.807) is 0 Å². The summed E-state index contributed by atoms with van der Waals surface area (Å²) in [6.45, 7) is 0.637. The predicted molar refractivity (Wildman–Crippen MR) is 52.7 cm³/mol. The van der Waals surface area contributed by atoms with Crippen molar-refractivity contribution in [2.24, 2.45) is 0 Å². The topological polar surface area (TPSA) is 42.3 Å². The molecule has 1 unspecified atom stereocenters. The third kappa shape index (κ3) is 3.90. The summed E-state index contributed by atoms with van der Waals surface area (Å²) in [6.07, 6.45) is 2.33. The number of nitrogens with one attached hydrogen (secondary N) is 1. The molecule has 0 radical (unpaired) electrons. The fourth-order valence-electron chi connectivity index (χ4n) is 1.00. The van der Waals surface area contributed by atoms with Gasteiger partial charge in [-0.25, -0.2) is 0 Å². The van der Waals surface area contributed by atoms with E-state index < -0.39 is 10.1 Å². The summed E-state index contributed by atoms with van der Waals surface area (Å²) < 4.78 is 8.43. The number of ether oxygens (including phenoxy) is 2. The SMILES string of the molecule is N=C(OC1CCCCO1)C(Cl)(Cl)Cl. The van der Waals surface area contributed by atoms with E-state index in [1.807, 2.05) is 0 Å². The molecule has 0 saturated carbocycles. The van der Waals surface area contributed by atoms with Crippen LogP contribution >= 0.6 is 34.8 Å². The van der Waals surface area contributed by atoms with Gasteiger partial charge in [0.25, 0.3) is 3.79 Å². The molecule has 1 N–H and O–H groups in total. The van der Waals surface area contributed by atoms with Crippen LogP contribution in [0, 0.1) is 5.41 Å². The van der Waals surface area contributed by atoms with E-state index in [0.29, 0.717) is 6.61 Å². The van der Waals surface area contributed by atoms with Crippen molar-refractivity contribution in [1.29, 1.82) is 5.41 Å². The van der Waals surface area contributed by atoms with Crippen molar-refractivity contribution in [3.8, 4) is 0 Å². The smallest absolute Gasteiger partial charge is 0.265 e. The van der Waals surface area contributed by atoms with Gasteiger partial charge in [-0.15, -0.1) is 0 Å². The minimum atomic E-state index is -1.79. The lowest BCUT2D eigenvalue weighted by atomic mass is 10.2. The molecule has 1 atom stereocenters. The summed E-state index contributed by atoms with van der Waals surface area (Å²) >= 11 is 16.3. The Balaban J connectivity index is 2.35. The Kier molecular flexibility index (Phi) is 4.10. The lowest BCUT2D eigenvalue weighted by molar-refractivity contribution is -0.114. The van der Waals surface area contributed by atoms with Gasteiger partial charge in [0.1, 0.15) is 0 Å². The lowest BCUT2D eigenvalue weighted by Crippen LogP contribution is -2.30. The molecule has 1 aliphatic rings. The molecule has 1 heterocycles. The zero-order valence-corrected chi connectivity index (χ0v) is 9.12. The first-order valence-electron chi connectivity index (χ1n) is 3.94. The highest BCUT2D eigenvalue weighted by Gasteiger charge is 2.31. The zero-order chi connectivity index (χ0) is 9.90. The summed E-state index contributed by atoms with van der Waals surface area (Å²) in [6, 6.07) is 0. The molecular formula is C7H10Cl3NO2. The Morgan fingerprint density at radius 1 is 1.38 bits per heavy atom. The van der Waals surface area contributed by atoms with Gasteiger partial charge >= 0.3 is 0 Å². The van der Waals surface area contributed by atoms with Crippen LogP contribution in [0.3, 0.4) is 0 Å². The highest BCUT2D eigenvalue weighted by molar-refractivity contribution is 6.76.